The number of hydrogen-bond donors (Lipinski definition) is 0. The van der Waals surface area contributed by atoms with Gasteiger partial charge in [0.2, 0.25) is 0 Å². The molecule has 0 aliphatic carbocycles. The Kier molecular flexibility index (Phi) is 4.56. The van der Waals surface area contributed by atoms with Crippen LogP contribution in [0.1, 0.15) is 22.8 Å². The summed E-state index contributed by atoms with van der Waals surface area (Å²) in [5.41, 5.74) is 1.49. The van der Waals surface area contributed by atoms with Gasteiger partial charge < -0.3 is 9.47 Å². The Labute approximate surface area is 112 Å². The van der Waals surface area contributed by atoms with Crippen LogP contribution in [0.15, 0.2) is 54.6 Å². The maximum absolute atomic E-state index is 11.6. The fourth-order valence-corrected chi connectivity index (χ4v) is 1.69. The average molecular weight is 256 g/mol. The Morgan fingerprint density at radius 2 is 1.84 bits per heavy atom. The van der Waals surface area contributed by atoms with Gasteiger partial charge in [-0.3, -0.25) is 0 Å². The number of esters is 1. The summed E-state index contributed by atoms with van der Waals surface area (Å²) in [6.45, 7) is 2.60. The standard InChI is InChI=1S/C16H16O3/c1-2-18-16(17)14-8-6-7-13(11-14)12-19-15-9-4-3-5-10-15/h3-11H,2,12H2,1H3. The van der Waals surface area contributed by atoms with Gasteiger partial charge in [0, 0.05) is 0 Å². The lowest BCUT2D eigenvalue weighted by Gasteiger charge is -2.07. The number of benzene rings is 2. The van der Waals surface area contributed by atoms with Gasteiger partial charge in [0.25, 0.3) is 0 Å². The highest BCUT2D eigenvalue weighted by atomic mass is 16.5. The molecule has 3 heteroatoms. The first-order valence-electron chi connectivity index (χ1n) is 6.23. The summed E-state index contributed by atoms with van der Waals surface area (Å²) in [6.07, 6.45) is 0. The van der Waals surface area contributed by atoms with Crippen LogP contribution in [0, 0.1) is 0 Å². The maximum atomic E-state index is 11.6. The van der Waals surface area contributed by atoms with Gasteiger partial charge in [-0.15, -0.1) is 0 Å². The molecule has 0 aliphatic rings. The molecule has 0 bridgehead atoms. The molecule has 0 saturated carbocycles. The van der Waals surface area contributed by atoms with E-state index in [9.17, 15) is 4.79 Å². The zero-order chi connectivity index (χ0) is 13.5. The Balaban J connectivity index is 2.01. The van der Waals surface area contributed by atoms with E-state index < -0.39 is 0 Å². The Hall–Kier alpha value is -2.29. The first-order valence-corrected chi connectivity index (χ1v) is 6.23. The van der Waals surface area contributed by atoms with Gasteiger partial charge in [0.05, 0.1) is 12.2 Å². The molecule has 2 rings (SSSR count). The third-order valence-electron chi connectivity index (χ3n) is 2.59. The highest BCUT2D eigenvalue weighted by Crippen LogP contribution is 2.13. The molecule has 98 valence electrons. The van der Waals surface area contributed by atoms with Crippen molar-refractivity contribution in [2.45, 2.75) is 13.5 Å². The van der Waals surface area contributed by atoms with Crippen molar-refractivity contribution >= 4 is 5.97 Å². The summed E-state index contributed by atoms with van der Waals surface area (Å²) < 4.78 is 10.6. The number of ether oxygens (including phenoxy) is 2. The number of carbonyl (C=O) groups excluding carboxylic acids is 1. The van der Waals surface area contributed by atoms with Crippen LogP contribution in [0.3, 0.4) is 0 Å². The summed E-state index contributed by atoms with van der Waals surface area (Å²) in [7, 11) is 0. The molecule has 2 aromatic rings. The normalized spacial score (nSPS) is 9.95. The number of carbonyl (C=O) groups is 1. The first kappa shape index (κ1) is 13.1. The lowest BCUT2D eigenvalue weighted by molar-refractivity contribution is 0.0526. The summed E-state index contributed by atoms with van der Waals surface area (Å²) in [5.74, 6) is 0.507. The minimum Gasteiger partial charge on any atom is -0.489 e. The molecule has 0 atom stereocenters. The highest BCUT2D eigenvalue weighted by molar-refractivity contribution is 5.89. The van der Waals surface area contributed by atoms with Crippen molar-refractivity contribution < 1.29 is 14.3 Å². The van der Waals surface area contributed by atoms with Crippen molar-refractivity contribution in [1.29, 1.82) is 0 Å². The molecular weight excluding hydrogens is 240 g/mol. The van der Waals surface area contributed by atoms with Crippen LogP contribution >= 0.6 is 0 Å². The zero-order valence-electron chi connectivity index (χ0n) is 10.8. The predicted octanol–water partition coefficient (Wildman–Crippen LogP) is 3.44. The van der Waals surface area contributed by atoms with E-state index in [1.165, 1.54) is 0 Å². The van der Waals surface area contributed by atoms with Crippen LogP contribution in [0.4, 0.5) is 0 Å². The summed E-state index contributed by atoms with van der Waals surface area (Å²) in [4.78, 5) is 11.6. The van der Waals surface area contributed by atoms with E-state index in [2.05, 4.69) is 0 Å². The number of rotatable bonds is 5. The lowest BCUT2D eigenvalue weighted by Crippen LogP contribution is -2.05. The molecule has 0 fully saturated rings. The van der Waals surface area contributed by atoms with Crippen LogP contribution in [0.25, 0.3) is 0 Å². The van der Waals surface area contributed by atoms with Gasteiger partial charge in [-0.1, -0.05) is 30.3 Å². The molecule has 0 amide bonds. The quantitative estimate of drug-likeness (QED) is 0.769. The smallest absolute Gasteiger partial charge is 0.338 e. The second kappa shape index (κ2) is 6.59. The van der Waals surface area contributed by atoms with Crippen molar-refractivity contribution in [3.63, 3.8) is 0 Å². The van der Waals surface area contributed by atoms with Gasteiger partial charge in [0.15, 0.2) is 0 Å². The van der Waals surface area contributed by atoms with Gasteiger partial charge in [-0.05, 0) is 36.8 Å². The van der Waals surface area contributed by atoms with Gasteiger partial charge in [-0.25, -0.2) is 4.79 Å². The van der Waals surface area contributed by atoms with E-state index in [-0.39, 0.29) is 5.97 Å². The molecule has 0 aliphatic heterocycles. The molecule has 19 heavy (non-hydrogen) atoms. The molecule has 0 unspecified atom stereocenters. The maximum Gasteiger partial charge on any atom is 0.338 e. The molecule has 3 nitrogen and oxygen atoms in total. The van der Waals surface area contributed by atoms with Gasteiger partial charge >= 0.3 is 5.97 Å². The largest absolute Gasteiger partial charge is 0.489 e. The Morgan fingerprint density at radius 1 is 1.05 bits per heavy atom. The van der Waals surface area contributed by atoms with E-state index in [4.69, 9.17) is 9.47 Å². The van der Waals surface area contributed by atoms with E-state index in [1.807, 2.05) is 42.5 Å². The fourth-order valence-electron chi connectivity index (χ4n) is 1.69. The Bertz CT molecular complexity index is 535. The number of para-hydroxylation sites is 1. The molecular formula is C16H16O3. The molecule has 0 N–H and O–H groups in total. The lowest BCUT2D eigenvalue weighted by atomic mass is 10.1. The third-order valence-corrected chi connectivity index (χ3v) is 2.59. The minimum atomic E-state index is -0.302. The summed E-state index contributed by atoms with van der Waals surface area (Å²) in [5, 5.41) is 0. The fraction of sp³-hybridized carbons (Fsp3) is 0.188. The van der Waals surface area contributed by atoms with Crippen LogP contribution < -0.4 is 4.74 Å². The zero-order valence-corrected chi connectivity index (χ0v) is 10.8. The summed E-state index contributed by atoms with van der Waals surface area (Å²) >= 11 is 0. The van der Waals surface area contributed by atoms with Crippen LogP contribution in [-0.2, 0) is 11.3 Å². The van der Waals surface area contributed by atoms with Gasteiger partial charge in [0.1, 0.15) is 12.4 Å². The second-order valence-electron chi connectivity index (χ2n) is 4.02. The van der Waals surface area contributed by atoms with E-state index in [0.29, 0.717) is 18.8 Å². The molecule has 0 saturated heterocycles. The van der Waals surface area contributed by atoms with Crippen molar-refractivity contribution in [1.82, 2.24) is 0 Å². The van der Waals surface area contributed by atoms with Crippen LogP contribution in [0.5, 0.6) is 5.75 Å². The highest BCUT2D eigenvalue weighted by Gasteiger charge is 2.06. The average Bonchev–Trinajstić information content (AvgIpc) is 2.47. The molecule has 0 aromatic heterocycles. The van der Waals surface area contributed by atoms with E-state index >= 15 is 0 Å². The molecule has 0 heterocycles. The third kappa shape index (κ3) is 3.85. The van der Waals surface area contributed by atoms with Crippen LogP contribution in [-0.4, -0.2) is 12.6 Å². The summed E-state index contributed by atoms with van der Waals surface area (Å²) in [6, 6.07) is 16.9. The van der Waals surface area contributed by atoms with E-state index in [0.717, 1.165) is 11.3 Å². The van der Waals surface area contributed by atoms with Crippen molar-refractivity contribution in [2.75, 3.05) is 6.61 Å². The topological polar surface area (TPSA) is 35.5 Å². The SMILES string of the molecule is CCOC(=O)c1cccc(COc2ccccc2)c1. The monoisotopic (exact) mass is 256 g/mol. The van der Waals surface area contributed by atoms with Crippen molar-refractivity contribution in [3.05, 3.63) is 65.7 Å². The first-order chi connectivity index (χ1) is 9.29. The van der Waals surface area contributed by atoms with Crippen LogP contribution in [0.2, 0.25) is 0 Å². The van der Waals surface area contributed by atoms with E-state index in [1.54, 1.807) is 19.1 Å². The van der Waals surface area contributed by atoms with Gasteiger partial charge in [-0.2, -0.15) is 0 Å². The Morgan fingerprint density at radius 3 is 2.58 bits per heavy atom. The second-order valence-corrected chi connectivity index (χ2v) is 4.02. The minimum absolute atomic E-state index is 0.302. The molecule has 0 radical (unpaired) electrons. The number of hydrogen-bond acceptors (Lipinski definition) is 3. The van der Waals surface area contributed by atoms with Crippen molar-refractivity contribution in [3.8, 4) is 5.75 Å². The predicted molar refractivity (Wildman–Crippen MR) is 73.2 cm³/mol. The molecule has 2 aromatic carbocycles. The molecule has 0 spiro atoms. The van der Waals surface area contributed by atoms with Crippen molar-refractivity contribution in [2.24, 2.45) is 0 Å².